The van der Waals surface area contributed by atoms with Crippen molar-refractivity contribution in [2.24, 2.45) is 0 Å². The second-order valence-electron chi connectivity index (χ2n) is 6.30. The average molecular weight is 328 g/mol. The second kappa shape index (κ2) is 6.42. The van der Waals surface area contributed by atoms with Gasteiger partial charge < -0.3 is 15.1 Å². The van der Waals surface area contributed by atoms with Gasteiger partial charge in [0.1, 0.15) is 0 Å². The first kappa shape index (κ1) is 14.9. The molecule has 3 nitrogen and oxygen atoms in total. The predicted octanol–water partition coefficient (Wildman–Crippen LogP) is 3.31. The van der Waals surface area contributed by atoms with Gasteiger partial charge in [0.2, 0.25) is 0 Å². The minimum Gasteiger partial charge on any atom is -0.368 e. The lowest BCUT2D eigenvalue weighted by atomic mass is 9.98. The summed E-state index contributed by atoms with van der Waals surface area (Å²) in [6.45, 7) is 6.31. The van der Waals surface area contributed by atoms with Crippen molar-refractivity contribution in [2.75, 3.05) is 42.5 Å². The number of nitrogens with zero attached hydrogens (tertiary/aromatic N) is 2. The summed E-state index contributed by atoms with van der Waals surface area (Å²) in [4.78, 5) is 4.98. The third-order valence-electron chi connectivity index (χ3n) is 4.91. The minimum atomic E-state index is 0.814. The highest BCUT2D eigenvalue weighted by atomic mass is 35.5. The average Bonchev–Trinajstić information content (AvgIpc) is 2.61. The molecule has 1 N–H and O–H groups in total. The van der Waals surface area contributed by atoms with Crippen molar-refractivity contribution in [1.29, 1.82) is 0 Å². The lowest BCUT2D eigenvalue weighted by molar-refractivity contribution is 0.625. The molecular weight excluding hydrogens is 306 g/mol. The molecule has 0 radical (unpaired) electrons. The monoisotopic (exact) mass is 327 g/mol. The van der Waals surface area contributed by atoms with Crippen LogP contribution in [0.15, 0.2) is 42.5 Å². The first-order valence-electron chi connectivity index (χ1n) is 8.38. The summed E-state index contributed by atoms with van der Waals surface area (Å²) in [7, 11) is 0. The fourth-order valence-corrected chi connectivity index (χ4v) is 3.87. The topological polar surface area (TPSA) is 18.5 Å². The van der Waals surface area contributed by atoms with Gasteiger partial charge in [-0.15, -0.1) is 0 Å². The van der Waals surface area contributed by atoms with Gasteiger partial charge in [-0.1, -0.05) is 29.8 Å². The number of halogens is 1. The van der Waals surface area contributed by atoms with Crippen LogP contribution in [0.3, 0.4) is 0 Å². The Morgan fingerprint density at radius 2 is 1.70 bits per heavy atom. The van der Waals surface area contributed by atoms with Crippen LogP contribution < -0.4 is 15.1 Å². The highest BCUT2D eigenvalue weighted by molar-refractivity contribution is 6.30. The van der Waals surface area contributed by atoms with E-state index in [1.807, 2.05) is 12.1 Å². The normalized spacial score (nSPS) is 18.0. The Bertz CT molecular complexity index is 693. The molecule has 0 aromatic heterocycles. The Morgan fingerprint density at radius 1 is 0.913 bits per heavy atom. The first-order chi connectivity index (χ1) is 11.3. The summed E-state index contributed by atoms with van der Waals surface area (Å²) in [6.07, 6.45) is 1.14. The van der Waals surface area contributed by atoms with Crippen LogP contribution >= 0.6 is 11.6 Å². The zero-order valence-corrected chi connectivity index (χ0v) is 14.0. The van der Waals surface area contributed by atoms with Crippen LogP contribution in [-0.4, -0.2) is 32.7 Å². The molecule has 4 rings (SSSR count). The van der Waals surface area contributed by atoms with Gasteiger partial charge >= 0.3 is 0 Å². The van der Waals surface area contributed by atoms with E-state index in [0.717, 1.165) is 50.7 Å². The van der Waals surface area contributed by atoms with Crippen molar-refractivity contribution in [1.82, 2.24) is 5.32 Å². The lowest BCUT2D eigenvalue weighted by Gasteiger charge is -2.39. The number of rotatable bonds is 2. The second-order valence-corrected chi connectivity index (χ2v) is 6.73. The maximum absolute atomic E-state index is 6.13. The van der Waals surface area contributed by atoms with E-state index < -0.39 is 0 Å². The molecule has 0 aliphatic carbocycles. The summed E-state index contributed by atoms with van der Waals surface area (Å²) < 4.78 is 0. The van der Waals surface area contributed by atoms with Crippen molar-refractivity contribution >= 4 is 23.0 Å². The highest BCUT2D eigenvalue weighted by Crippen LogP contribution is 2.28. The van der Waals surface area contributed by atoms with Gasteiger partial charge in [-0.3, -0.25) is 0 Å². The van der Waals surface area contributed by atoms with Crippen molar-refractivity contribution in [3.63, 3.8) is 0 Å². The SMILES string of the molecule is Clc1cccc(N2CCN(c3cccc4c3CCNC4)CC2)c1. The Balaban J connectivity index is 1.50. The molecule has 0 amide bonds. The van der Waals surface area contributed by atoms with E-state index in [2.05, 4.69) is 45.4 Å². The molecule has 4 heteroatoms. The van der Waals surface area contributed by atoms with E-state index in [1.165, 1.54) is 16.9 Å². The van der Waals surface area contributed by atoms with Gasteiger partial charge in [0, 0.05) is 49.1 Å². The summed E-state index contributed by atoms with van der Waals surface area (Å²) in [6, 6.07) is 14.9. The minimum absolute atomic E-state index is 0.814. The van der Waals surface area contributed by atoms with Crippen LogP contribution in [0.4, 0.5) is 11.4 Å². The molecule has 2 aliphatic heterocycles. The van der Waals surface area contributed by atoms with E-state index in [4.69, 9.17) is 11.6 Å². The molecule has 0 bridgehead atoms. The quantitative estimate of drug-likeness (QED) is 0.913. The summed E-state index contributed by atoms with van der Waals surface area (Å²) in [5.41, 5.74) is 5.68. The number of piperazine rings is 1. The number of hydrogen-bond acceptors (Lipinski definition) is 3. The molecule has 0 saturated carbocycles. The smallest absolute Gasteiger partial charge is 0.0426 e. The van der Waals surface area contributed by atoms with Gasteiger partial charge in [-0.2, -0.15) is 0 Å². The fourth-order valence-electron chi connectivity index (χ4n) is 3.69. The molecule has 0 unspecified atom stereocenters. The Labute approximate surface area is 142 Å². The molecular formula is C19H22ClN3. The molecule has 120 valence electrons. The standard InChI is InChI=1S/C19H22ClN3/c20-16-4-2-5-17(13-16)22-9-11-23(12-10-22)19-6-1-3-15-14-21-8-7-18(15)19/h1-6,13,21H,7-12,14H2. The van der Waals surface area contributed by atoms with E-state index >= 15 is 0 Å². The third-order valence-corrected chi connectivity index (χ3v) is 5.14. The number of fused-ring (bicyclic) bond motifs is 1. The molecule has 0 spiro atoms. The maximum atomic E-state index is 6.13. The predicted molar refractivity (Wildman–Crippen MR) is 97.7 cm³/mol. The molecule has 2 heterocycles. The molecule has 1 fully saturated rings. The summed E-state index contributed by atoms with van der Waals surface area (Å²) in [5, 5.41) is 4.28. The zero-order chi connectivity index (χ0) is 15.6. The molecule has 1 saturated heterocycles. The number of benzene rings is 2. The highest BCUT2D eigenvalue weighted by Gasteiger charge is 2.21. The van der Waals surface area contributed by atoms with Crippen molar-refractivity contribution in [3.05, 3.63) is 58.6 Å². The van der Waals surface area contributed by atoms with Crippen LogP contribution in [-0.2, 0) is 13.0 Å². The van der Waals surface area contributed by atoms with Gasteiger partial charge in [-0.05, 0) is 48.4 Å². The van der Waals surface area contributed by atoms with Gasteiger partial charge in [0.05, 0.1) is 0 Å². The van der Waals surface area contributed by atoms with Gasteiger partial charge in [0.25, 0.3) is 0 Å². The summed E-state index contributed by atoms with van der Waals surface area (Å²) in [5.74, 6) is 0. The van der Waals surface area contributed by atoms with Crippen molar-refractivity contribution in [2.45, 2.75) is 13.0 Å². The summed E-state index contributed by atoms with van der Waals surface area (Å²) >= 11 is 6.13. The third kappa shape index (κ3) is 3.04. The molecule has 0 atom stereocenters. The zero-order valence-electron chi connectivity index (χ0n) is 13.3. The molecule has 2 aromatic rings. The van der Waals surface area contributed by atoms with Crippen LogP contribution in [0.25, 0.3) is 0 Å². The number of nitrogens with one attached hydrogen (secondary N) is 1. The van der Waals surface area contributed by atoms with E-state index in [9.17, 15) is 0 Å². The Morgan fingerprint density at radius 3 is 2.52 bits per heavy atom. The van der Waals surface area contributed by atoms with Crippen molar-refractivity contribution in [3.8, 4) is 0 Å². The molecule has 23 heavy (non-hydrogen) atoms. The van der Waals surface area contributed by atoms with E-state index in [0.29, 0.717) is 0 Å². The Kier molecular flexibility index (Phi) is 4.15. The van der Waals surface area contributed by atoms with E-state index in [1.54, 1.807) is 5.56 Å². The largest absolute Gasteiger partial charge is 0.368 e. The lowest BCUT2D eigenvalue weighted by Crippen LogP contribution is -2.47. The van der Waals surface area contributed by atoms with Crippen LogP contribution in [0.2, 0.25) is 5.02 Å². The Hall–Kier alpha value is -1.71. The number of hydrogen-bond donors (Lipinski definition) is 1. The van der Waals surface area contributed by atoms with Crippen LogP contribution in [0.5, 0.6) is 0 Å². The molecule has 2 aliphatic rings. The first-order valence-corrected chi connectivity index (χ1v) is 8.76. The maximum Gasteiger partial charge on any atom is 0.0426 e. The fraction of sp³-hybridized carbons (Fsp3) is 0.368. The molecule has 2 aromatic carbocycles. The van der Waals surface area contributed by atoms with Gasteiger partial charge in [0.15, 0.2) is 0 Å². The van der Waals surface area contributed by atoms with Crippen LogP contribution in [0.1, 0.15) is 11.1 Å². The van der Waals surface area contributed by atoms with Crippen molar-refractivity contribution < 1.29 is 0 Å². The van der Waals surface area contributed by atoms with E-state index in [-0.39, 0.29) is 0 Å². The number of anilines is 2. The van der Waals surface area contributed by atoms with Crippen LogP contribution in [0, 0.1) is 0 Å². The van der Waals surface area contributed by atoms with Gasteiger partial charge in [-0.25, -0.2) is 0 Å².